The number of rotatable bonds is 4. The molecule has 15 rings (SSSR count). The molecule has 0 fully saturated rings. The standard InChI is InChI=1S/C64H36O/c1-2-14-46-43(9-1)33-44(34-56(46)49-29-25-41-23-21-37-10-5-12-39-27-31-52(49)62(41)60(37)39)45-35-57-47(54-18-8-19-55-51-15-3-4-20-59(51)65-64(54)55)16-7-17-48(57)58(36-45)50-30-26-42-24-22-38-11-6-13-40-28-32-53(50)63(42)61(38)40/h1-36H. The largest absolute Gasteiger partial charge is 0.455 e. The Morgan fingerprint density at radius 1 is 0.215 bits per heavy atom. The Morgan fingerprint density at radius 2 is 0.662 bits per heavy atom. The molecule has 0 amide bonds. The van der Waals surface area contributed by atoms with E-state index in [1.807, 2.05) is 0 Å². The number of benzene rings is 14. The van der Waals surface area contributed by atoms with Crippen LogP contribution in [0.5, 0.6) is 0 Å². The van der Waals surface area contributed by atoms with Crippen LogP contribution < -0.4 is 0 Å². The van der Waals surface area contributed by atoms with Gasteiger partial charge in [0.2, 0.25) is 0 Å². The molecule has 298 valence electrons. The summed E-state index contributed by atoms with van der Waals surface area (Å²) in [5.41, 5.74) is 11.4. The zero-order chi connectivity index (χ0) is 42.3. The number of para-hydroxylation sites is 2. The van der Waals surface area contributed by atoms with Gasteiger partial charge in [-0.15, -0.1) is 0 Å². The van der Waals surface area contributed by atoms with Gasteiger partial charge in [-0.1, -0.05) is 188 Å². The van der Waals surface area contributed by atoms with Gasteiger partial charge in [-0.2, -0.15) is 0 Å². The van der Waals surface area contributed by atoms with Crippen LogP contribution in [0.25, 0.3) is 153 Å². The summed E-state index contributed by atoms with van der Waals surface area (Å²) >= 11 is 0. The van der Waals surface area contributed by atoms with Crippen LogP contribution in [0, 0.1) is 0 Å². The lowest BCUT2D eigenvalue weighted by Crippen LogP contribution is -1.92. The predicted octanol–water partition coefficient (Wildman–Crippen LogP) is 18.4. The van der Waals surface area contributed by atoms with E-state index in [-0.39, 0.29) is 0 Å². The van der Waals surface area contributed by atoms with Gasteiger partial charge < -0.3 is 4.42 Å². The molecular formula is C64H36O. The fraction of sp³-hybridized carbons (Fsp3) is 0. The molecule has 0 spiro atoms. The highest BCUT2D eigenvalue weighted by molar-refractivity contribution is 6.28. The van der Waals surface area contributed by atoms with Crippen molar-refractivity contribution in [3.63, 3.8) is 0 Å². The van der Waals surface area contributed by atoms with Crippen LogP contribution in [-0.2, 0) is 0 Å². The highest BCUT2D eigenvalue weighted by Crippen LogP contribution is 2.48. The van der Waals surface area contributed by atoms with Crippen molar-refractivity contribution >= 4 is 108 Å². The molecule has 0 atom stereocenters. The van der Waals surface area contributed by atoms with Gasteiger partial charge in [-0.05, 0) is 155 Å². The topological polar surface area (TPSA) is 13.1 Å². The summed E-state index contributed by atoms with van der Waals surface area (Å²) in [7, 11) is 0. The summed E-state index contributed by atoms with van der Waals surface area (Å²) < 4.78 is 6.73. The lowest BCUT2D eigenvalue weighted by atomic mass is 9.84. The van der Waals surface area contributed by atoms with E-state index in [4.69, 9.17) is 4.42 Å². The Morgan fingerprint density at radius 3 is 1.32 bits per heavy atom. The Hall–Kier alpha value is -8.52. The number of furan rings is 1. The molecule has 0 radical (unpaired) electrons. The first-order chi connectivity index (χ1) is 32.2. The van der Waals surface area contributed by atoms with Crippen molar-refractivity contribution in [3.05, 3.63) is 218 Å². The second kappa shape index (κ2) is 13.0. The molecule has 0 bridgehead atoms. The maximum Gasteiger partial charge on any atom is 0.143 e. The highest BCUT2D eigenvalue weighted by Gasteiger charge is 2.21. The van der Waals surface area contributed by atoms with Crippen molar-refractivity contribution in [2.75, 3.05) is 0 Å². The van der Waals surface area contributed by atoms with E-state index >= 15 is 0 Å². The fourth-order valence-corrected chi connectivity index (χ4v) is 11.6. The van der Waals surface area contributed by atoms with Crippen molar-refractivity contribution < 1.29 is 4.42 Å². The third-order valence-electron chi connectivity index (χ3n) is 14.5. The summed E-state index contributed by atoms with van der Waals surface area (Å²) in [6, 6.07) is 81.5. The number of hydrogen-bond donors (Lipinski definition) is 0. The Bertz CT molecular complexity index is 4440. The van der Waals surface area contributed by atoms with Crippen molar-refractivity contribution in [1.82, 2.24) is 0 Å². The molecule has 15 aromatic rings. The van der Waals surface area contributed by atoms with Gasteiger partial charge in [0.15, 0.2) is 0 Å². The van der Waals surface area contributed by atoms with Gasteiger partial charge >= 0.3 is 0 Å². The molecule has 0 aliphatic rings. The molecule has 0 aliphatic heterocycles. The quantitative estimate of drug-likeness (QED) is 0.161. The minimum Gasteiger partial charge on any atom is -0.455 e. The van der Waals surface area contributed by atoms with Gasteiger partial charge in [0.05, 0.1) is 0 Å². The van der Waals surface area contributed by atoms with Crippen LogP contribution in [-0.4, -0.2) is 0 Å². The molecule has 1 heterocycles. The first-order valence-corrected chi connectivity index (χ1v) is 22.6. The van der Waals surface area contributed by atoms with E-state index in [1.54, 1.807) is 0 Å². The molecule has 0 N–H and O–H groups in total. The molecule has 1 heteroatoms. The molecule has 1 nitrogen and oxygen atoms in total. The monoisotopic (exact) mass is 820 g/mol. The minimum absolute atomic E-state index is 0.903. The van der Waals surface area contributed by atoms with E-state index in [2.05, 4.69) is 218 Å². The van der Waals surface area contributed by atoms with Crippen molar-refractivity contribution in [2.45, 2.75) is 0 Å². The lowest BCUT2D eigenvalue weighted by molar-refractivity contribution is 0.670. The van der Waals surface area contributed by atoms with Gasteiger partial charge in [0, 0.05) is 16.3 Å². The average Bonchev–Trinajstić information content (AvgIpc) is 3.75. The lowest BCUT2D eigenvalue weighted by Gasteiger charge is -2.19. The van der Waals surface area contributed by atoms with Gasteiger partial charge in [0.1, 0.15) is 11.2 Å². The summed E-state index contributed by atoms with van der Waals surface area (Å²) in [6.45, 7) is 0. The number of hydrogen-bond acceptors (Lipinski definition) is 1. The van der Waals surface area contributed by atoms with Crippen LogP contribution in [0.3, 0.4) is 0 Å². The van der Waals surface area contributed by atoms with Crippen LogP contribution in [0.2, 0.25) is 0 Å². The molecular weight excluding hydrogens is 785 g/mol. The van der Waals surface area contributed by atoms with Crippen LogP contribution in [0.4, 0.5) is 0 Å². The third kappa shape index (κ3) is 4.93. The van der Waals surface area contributed by atoms with Gasteiger partial charge in [-0.3, -0.25) is 0 Å². The SMILES string of the molecule is c1ccc2c(-c3ccc4ccc5cccc6ccc3c4c56)cc(-c3cc(-c4ccc5ccc6cccc7ccc4c5c67)c4cccc(-c5cccc6c5oc5ccccc56)c4c3)cc2c1. The number of fused-ring (bicyclic) bond motifs is 5. The maximum absolute atomic E-state index is 6.73. The maximum atomic E-state index is 6.73. The van der Waals surface area contributed by atoms with Crippen molar-refractivity contribution in [3.8, 4) is 44.5 Å². The summed E-state index contributed by atoms with van der Waals surface area (Å²) in [4.78, 5) is 0. The molecule has 65 heavy (non-hydrogen) atoms. The van der Waals surface area contributed by atoms with Crippen LogP contribution >= 0.6 is 0 Å². The van der Waals surface area contributed by atoms with E-state index in [0.29, 0.717) is 0 Å². The fourth-order valence-electron chi connectivity index (χ4n) is 11.6. The smallest absolute Gasteiger partial charge is 0.143 e. The summed E-state index contributed by atoms with van der Waals surface area (Å²) in [5, 5.41) is 22.6. The molecule has 14 aromatic carbocycles. The van der Waals surface area contributed by atoms with Crippen molar-refractivity contribution in [2.24, 2.45) is 0 Å². The van der Waals surface area contributed by atoms with Gasteiger partial charge in [0.25, 0.3) is 0 Å². The molecule has 0 saturated carbocycles. The second-order valence-corrected chi connectivity index (χ2v) is 17.9. The predicted molar refractivity (Wildman–Crippen MR) is 278 cm³/mol. The first-order valence-electron chi connectivity index (χ1n) is 22.6. The average molecular weight is 821 g/mol. The van der Waals surface area contributed by atoms with E-state index in [1.165, 1.54) is 120 Å². The summed E-state index contributed by atoms with van der Waals surface area (Å²) in [5.74, 6) is 0. The zero-order valence-corrected chi connectivity index (χ0v) is 35.2. The first kappa shape index (κ1) is 35.0. The minimum atomic E-state index is 0.903. The van der Waals surface area contributed by atoms with E-state index < -0.39 is 0 Å². The Labute approximate surface area is 373 Å². The van der Waals surface area contributed by atoms with Crippen LogP contribution in [0.15, 0.2) is 223 Å². The molecule has 0 unspecified atom stereocenters. The Balaban J connectivity index is 1.05. The van der Waals surface area contributed by atoms with E-state index in [9.17, 15) is 0 Å². The Kier molecular flexibility index (Phi) is 7.01. The zero-order valence-electron chi connectivity index (χ0n) is 35.2. The molecule has 0 saturated heterocycles. The van der Waals surface area contributed by atoms with Crippen LogP contribution in [0.1, 0.15) is 0 Å². The van der Waals surface area contributed by atoms with Crippen molar-refractivity contribution in [1.29, 1.82) is 0 Å². The summed E-state index contributed by atoms with van der Waals surface area (Å²) in [6.07, 6.45) is 0. The van der Waals surface area contributed by atoms with E-state index in [0.717, 1.165) is 33.1 Å². The normalized spacial score (nSPS) is 12.3. The highest BCUT2D eigenvalue weighted by atomic mass is 16.3. The molecule has 1 aromatic heterocycles. The second-order valence-electron chi connectivity index (χ2n) is 17.9. The van der Waals surface area contributed by atoms with Gasteiger partial charge in [-0.25, -0.2) is 0 Å². The third-order valence-corrected chi connectivity index (χ3v) is 14.5. The molecule has 0 aliphatic carbocycles.